The van der Waals surface area contributed by atoms with E-state index in [0.29, 0.717) is 0 Å². The highest BCUT2D eigenvalue weighted by Crippen LogP contribution is 2.12. The summed E-state index contributed by atoms with van der Waals surface area (Å²) in [5.41, 5.74) is 0. The molecule has 1 N–H and O–H groups in total. The van der Waals surface area contributed by atoms with Gasteiger partial charge in [-0.05, 0) is 6.07 Å². The largest absolute Gasteiger partial charge is 0.360 e. The monoisotopic (exact) mass is 249 g/mol. The molecule has 2 fully saturated rings. The third kappa shape index (κ3) is 2.60. The first-order valence-corrected chi connectivity index (χ1v) is 6.52. The number of hydrogen-bond acceptors (Lipinski definition) is 6. The number of rotatable bonds is 2. The van der Waals surface area contributed by atoms with Crippen molar-refractivity contribution in [1.29, 1.82) is 0 Å². The molecule has 3 rings (SSSR count). The van der Waals surface area contributed by atoms with Crippen LogP contribution in [0.25, 0.3) is 0 Å². The van der Waals surface area contributed by atoms with Gasteiger partial charge in [0, 0.05) is 51.7 Å². The molecule has 0 bridgehead atoms. The maximum atomic E-state index is 5.77. The summed E-state index contributed by atoms with van der Waals surface area (Å²) in [5, 5.41) is 3.37. The van der Waals surface area contributed by atoms with Gasteiger partial charge in [0.2, 0.25) is 5.95 Å². The molecule has 3 heterocycles. The standard InChI is InChI=1S/C12H19N5O/c1-2-14-12(15-3-1)17-7-5-16(6-8-17)11-10-13-4-9-18-11/h1-3,11,13H,4-10H2. The molecule has 1 atom stereocenters. The molecular weight excluding hydrogens is 230 g/mol. The zero-order chi connectivity index (χ0) is 12.2. The molecule has 0 aliphatic carbocycles. The van der Waals surface area contributed by atoms with Crippen LogP contribution in [0.2, 0.25) is 0 Å². The normalized spacial score (nSPS) is 26.2. The topological polar surface area (TPSA) is 53.5 Å². The van der Waals surface area contributed by atoms with Gasteiger partial charge in [0.05, 0.1) is 6.61 Å². The smallest absolute Gasteiger partial charge is 0.225 e. The molecule has 0 amide bonds. The van der Waals surface area contributed by atoms with E-state index in [-0.39, 0.29) is 6.23 Å². The molecular formula is C12H19N5O. The number of morpholine rings is 1. The predicted octanol–water partition coefficient (Wildman–Crippen LogP) is -0.455. The molecule has 2 aliphatic rings. The van der Waals surface area contributed by atoms with Gasteiger partial charge in [0.1, 0.15) is 6.23 Å². The summed E-state index contributed by atoms with van der Waals surface area (Å²) < 4.78 is 5.77. The quantitative estimate of drug-likeness (QED) is 0.766. The van der Waals surface area contributed by atoms with Crippen molar-refractivity contribution in [2.75, 3.05) is 50.8 Å². The van der Waals surface area contributed by atoms with Crippen molar-refractivity contribution in [3.8, 4) is 0 Å². The number of ether oxygens (including phenoxy) is 1. The molecule has 2 saturated heterocycles. The lowest BCUT2D eigenvalue weighted by molar-refractivity contribution is -0.0768. The Hall–Kier alpha value is -1.24. The fourth-order valence-electron chi connectivity index (χ4n) is 2.45. The van der Waals surface area contributed by atoms with Crippen molar-refractivity contribution >= 4 is 5.95 Å². The Morgan fingerprint density at radius 2 is 1.94 bits per heavy atom. The second-order valence-corrected chi connectivity index (χ2v) is 4.60. The second kappa shape index (κ2) is 5.60. The van der Waals surface area contributed by atoms with Crippen LogP contribution in [0.15, 0.2) is 18.5 Å². The minimum absolute atomic E-state index is 0.234. The minimum Gasteiger partial charge on any atom is -0.360 e. The predicted molar refractivity (Wildman–Crippen MR) is 68.4 cm³/mol. The van der Waals surface area contributed by atoms with Crippen LogP contribution in [0.5, 0.6) is 0 Å². The van der Waals surface area contributed by atoms with Crippen LogP contribution in [0, 0.1) is 0 Å². The van der Waals surface area contributed by atoms with Crippen molar-refractivity contribution in [2.45, 2.75) is 6.23 Å². The van der Waals surface area contributed by atoms with Gasteiger partial charge in [-0.25, -0.2) is 9.97 Å². The highest BCUT2D eigenvalue weighted by atomic mass is 16.5. The maximum Gasteiger partial charge on any atom is 0.225 e. The fraction of sp³-hybridized carbons (Fsp3) is 0.667. The third-order valence-corrected chi connectivity index (χ3v) is 3.46. The van der Waals surface area contributed by atoms with Gasteiger partial charge in [0.15, 0.2) is 0 Å². The Kier molecular flexibility index (Phi) is 3.68. The van der Waals surface area contributed by atoms with Crippen LogP contribution in [0.1, 0.15) is 0 Å². The van der Waals surface area contributed by atoms with Gasteiger partial charge in [-0.3, -0.25) is 4.90 Å². The summed E-state index contributed by atoms with van der Waals surface area (Å²) in [7, 11) is 0. The molecule has 98 valence electrons. The van der Waals surface area contributed by atoms with E-state index < -0.39 is 0 Å². The zero-order valence-electron chi connectivity index (χ0n) is 10.5. The highest BCUT2D eigenvalue weighted by Gasteiger charge is 2.26. The number of anilines is 1. The molecule has 0 spiro atoms. The molecule has 0 radical (unpaired) electrons. The first kappa shape index (κ1) is 11.8. The van der Waals surface area contributed by atoms with Crippen LogP contribution >= 0.6 is 0 Å². The lowest BCUT2D eigenvalue weighted by atomic mass is 10.3. The molecule has 18 heavy (non-hydrogen) atoms. The number of hydrogen-bond donors (Lipinski definition) is 1. The summed E-state index contributed by atoms with van der Waals surface area (Å²) in [4.78, 5) is 13.2. The fourth-order valence-corrected chi connectivity index (χ4v) is 2.45. The molecule has 6 nitrogen and oxygen atoms in total. The summed E-state index contributed by atoms with van der Waals surface area (Å²) in [6.45, 7) is 6.64. The minimum atomic E-state index is 0.234. The molecule has 0 saturated carbocycles. The van der Waals surface area contributed by atoms with Crippen LogP contribution in [-0.2, 0) is 4.74 Å². The van der Waals surface area contributed by atoms with Gasteiger partial charge in [-0.2, -0.15) is 0 Å². The Morgan fingerprint density at radius 1 is 1.17 bits per heavy atom. The molecule has 6 heteroatoms. The Morgan fingerprint density at radius 3 is 2.61 bits per heavy atom. The van der Waals surface area contributed by atoms with Gasteiger partial charge in [-0.15, -0.1) is 0 Å². The van der Waals surface area contributed by atoms with E-state index in [4.69, 9.17) is 4.74 Å². The van der Waals surface area contributed by atoms with Crippen molar-refractivity contribution in [3.63, 3.8) is 0 Å². The first-order chi connectivity index (χ1) is 8.93. The number of piperazine rings is 1. The zero-order valence-corrected chi connectivity index (χ0v) is 10.5. The molecule has 1 aromatic heterocycles. The first-order valence-electron chi connectivity index (χ1n) is 6.52. The number of nitrogens with one attached hydrogen (secondary N) is 1. The Labute approximate surface area is 107 Å². The lowest BCUT2D eigenvalue weighted by Gasteiger charge is -2.40. The average molecular weight is 249 g/mol. The van der Waals surface area contributed by atoms with Gasteiger partial charge >= 0.3 is 0 Å². The van der Waals surface area contributed by atoms with E-state index in [0.717, 1.165) is 51.8 Å². The number of aromatic nitrogens is 2. The van der Waals surface area contributed by atoms with Gasteiger partial charge < -0.3 is 15.0 Å². The summed E-state index contributed by atoms with van der Waals surface area (Å²) >= 11 is 0. The maximum absolute atomic E-state index is 5.77. The summed E-state index contributed by atoms with van der Waals surface area (Å²) in [5.74, 6) is 0.833. The molecule has 2 aliphatic heterocycles. The van der Waals surface area contributed by atoms with Crippen LogP contribution in [-0.4, -0.2) is 67.0 Å². The third-order valence-electron chi connectivity index (χ3n) is 3.46. The van der Waals surface area contributed by atoms with Crippen molar-refractivity contribution in [1.82, 2.24) is 20.2 Å². The van der Waals surface area contributed by atoms with E-state index in [9.17, 15) is 0 Å². The lowest BCUT2D eigenvalue weighted by Crippen LogP contribution is -2.56. The van der Waals surface area contributed by atoms with E-state index in [1.54, 1.807) is 12.4 Å². The molecule has 1 unspecified atom stereocenters. The van der Waals surface area contributed by atoms with Crippen LogP contribution in [0.3, 0.4) is 0 Å². The summed E-state index contributed by atoms with van der Waals surface area (Å²) in [6, 6.07) is 1.85. The van der Waals surface area contributed by atoms with Gasteiger partial charge in [0.25, 0.3) is 0 Å². The van der Waals surface area contributed by atoms with E-state index in [1.807, 2.05) is 6.07 Å². The highest BCUT2D eigenvalue weighted by molar-refractivity contribution is 5.29. The van der Waals surface area contributed by atoms with Crippen LogP contribution < -0.4 is 10.2 Å². The van der Waals surface area contributed by atoms with E-state index in [1.165, 1.54) is 0 Å². The van der Waals surface area contributed by atoms with Crippen molar-refractivity contribution in [3.05, 3.63) is 18.5 Å². The van der Waals surface area contributed by atoms with Crippen molar-refractivity contribution < 1.29 is 4.74 Å². The summed E-state index contributed by atoms with van der Waals surface area (Å²) in [6.07, 6.45) is 3.82. The second-order valence-electron chi connectivity index (χ2n) is 4.60. The molecule has 1 aromatic rings. The van der Waals surface area contributed by atoms with E-state index >= 15 is 0 Å². The van der Waals surface area contributed by atoms with E-state index in [2.05, 4.69) is 25.1 Å². The number of nitrogens with zero attached hydrogens (tertiary/aromatic N) is 4. The Bertz CT molecular complexity index is 360. The SMILES string of the molecule is c1cnc(N2CCN(C3CNCCO3)CC2)nc1. The average Bonchev–Trinajstić information content (AvgIpc) is 2.49. The van der Waals surface area contributed by atoms with Gasteiger partial charge in [-0.1, -0.05) is 0 Å². The Balaban J connectivity index is 1.54. The van der Waals surface area contributed by atoms with Crippen molar-refractivity contribution in [2.24, 2.45) is 0 Å². The van der Waals surface area contributed by atoms with Crippen LogP contribution in [0.4, 0.5) is 5.95 Å². The molecule has 0 aromatic carbocycles.